The van der Waals surface area contributed by atoms with Crippen LogP contribution in [0.4, 0.5) is 4.79 Å². The van der Waals surface area contributed by atoms with Crippen molar-refractivity contribution in [2.24, 2.45) is 0 Å². The highest BCUT2D eigenvalue weighted by Gasteiger charge is 2.20. The highest BCUT2D eigenvalue weighted by Crippen LogP contribution is 2.26. The van der Waals surface area contributed by atoms with Crippen molar-refractivity contribution in [1.82, 2.24) is 25.4 Å². The second kappa shape index (κ2) is 10.9. The molecule has 0 spiro atoms. The summed E-state index contributed by atoms with van der Waals surface area (Å²) in [5.41, 5.74) is 2.20. The van der Waals surface area contributed by atoms with E-state index < -0.39 is 24.5 Å². The number of nitrogens with zero attached hydrogens (tertiary/aromatic N) is 3. The summed E-state index contributed by atoms with van der Waals surface area (Å²) in [6, 6.07) is 14.4. The van der Waals surface area contributed by atoms with Gasteiger partial charge in [-0.25, -0.2) is 19.3 Å². The number of aromatic nitrogens is 3. The van der Waals surface area contributed by atoms with Crippen molar-refractivity contribution in [3.63, 3.8) is 0 Å². The molecule has 9 nitrogen and oxygen atoms in total. The molecule has 0 aliphatic heterocycles. The maximum Gasteiger partial charge on any atom is 0.339 e. The van der Waals surface area contributed by atoms with Crippen LogP contribution in [0.1, 0.15) is 35.1 Å². The van der Waals surface area contributed by atoms with Crippen LogP contribution in [0.2, 0.25) is 0 Å². The molecule has 0 saturated carbocycles. The number of fused-ring (bicyclic) bond motifs is 1. The van der Waals surface area contributed by atoms with E-state index in [1.54, 1.807) is 28.3 Å². The number of hydrogen-bond donors (Lipinski definition) is 2. The van der Waals surface area contributed by atoms with Crippen molar-refractivity contribution >= 4 is 40.3 Å². The topological polar surface area (TPSA) is 115 Å². The molecule has 0 fully saturated rings. The summed E-state index contributed by atoms with van der Waals surface area (Å²) >= 11 is 1.59. The normalized spacial score (nSPS) is 10.9. The monoisotopic (exact) mass is 491 g/mol. The van der Waals surface area contributed by atoms with E-state index in [4.69, 9.17) is 9.72 Å². The van der Waals surface area contributed by atoms with E-state index in [0.717, 1.165) is 10.4 Å². The molecule has 35 heavy (non-hydrogen) atoms. The quantitative estimate of drug-likeness (QED) is 0.361. The van der Waals surface area contributed by atoms with Gasteiger partial charge >= 0.3 is 12.0 Å². The van der Waals surface area contributed by atoms with Gasteiger partial charge in [0.05, 0.1) is 22.8 Å². The predicted octanol–water partition coefficient (Wildman–Crippen LogP) is 3.97. The third kappa shape index (κ3) is 5.90. The molecule has 4 rings (SSSR count). The minimum Gasteiger partial charge on any atom is -0.452 e. The van der Waals surface area contributed by atoms with E-state index in [-0.39, 0.29) is 11.6 Å². The number of benzene rings is 1. The number of thiophene rings is 1. The Kier molecular flexibility index (Phi) is 7.51. The maximum absolute atomic E-state index is 12.9. The van der Waals surface area contributed by atoms with Gasteiger partial charge in [0.15, 0.2) is 12.3 Å². The van der Waals surface area contributed by atoms with Crippen molar-refractivity contribution in [1.29, 1.82) is 0 Å². The summed E-state index contributed by atoms with van der Waals surface area (Å²) in [5, 5.41) is 11.6. The molecule has 3 aromatic heterocycles. The van der Waals surface area contributed by atoms with Crippen molar-refractivity contribution in [2.75, 3.05) is 13.2 Å². The van der Waals surface area contributed by atoms with Gasteiger partial charge in [0.1, 0.15) is 0 Å². The number of hydrogen-bond acceptors (Lipinski definition) is 7. The van der Waals surface area contributed by atoms with Gasteiger partial charge in [-0.2, -0.15) is 5.10 Å². The lowest BCUT2D eigenvalue weighted by Crippen LogP contribution is -2.42. The number of amides is 3. The van der Waals surface area contributed by atoms with Crippen LogP contribution >= 0.6 is 11.3 Å². The number of urea groups is 1. The number of carbonyl (C=O) groups is 3. The summed E-state index contributed by atoms with van der Waals surface area (Å²) in [7, 11) is 0. The zero-order valence-electron chi connectivity index (χ0n) is 19.4. The second-order valence-electron chi connectivity index (χ2n) is 8.05. The smallest absolute Gasteiger partial charge is 0.339 e. The number of imide groups is 1. The van der Waals surface area contributed by atoms with Crippen LogP contribution in [0, 0.1) is 0 Å². The number of pyridine rings is 1. The summed E-state index contributed by atoms with van der Waals surface area (Å²) in [6.07, 6.45) is 2.23. The van der Waals surface area contributed by atoms with Crippen molar-refractivity contribution in [3.05, 3.63) is 70.5 Å². The average Bonchev–Trinajstić information content (AvgIpc) is 3.52. The molecule has 3 heterocycles. The fourth-order valence-electron chi connectivity index (χ4n) is 3.49. The first-order chi connectivity index (χ1) is 16.9. The summed E-state index contributed by atoms with van der Waals surface area (Å²) in [4.78, 5) is 42.9. The fourth-order valence-corrected chi connectivity index (χ4v) is 4.20. The van der Waals surface area contributed by atoms with Gasteiger partial charge in [0, 0.05) is 23.0 Å². The van der Waals surface area contributed by atoms with Gasteiger partial charge in [0.2, 0.25) is 0 Å². The second-order valence-corrected chi connectivity index (χ2v) is 9.08. The van der Waals surface area contributed by atoms with E-state index in [1.165, 1.54) is 0 Å². The summed E-state index contributed by atoms with van der Waals surface area (Å²) in [6.45, 7) is 3.73. The molecule has 2 N–H and O–H groups in total. The molecular weight excluding hydrogens is 466 g/mol. The number of ether oxygens (including phenoxy) is 1. The Balaban J connectivity index is 1.43. The van der Waals surface area contributed by atoms with Crippen LogP contribution in [-0.4, -0.2) is 45.8 Å². The molecule has 0 atom stereocenters. The fraction of sp³-hybridized carbons (Fsp3) is 0.240. The Bertz CT molecular complexity index is 1330. The molecule has 0 radical (unpaired) electrons. The molecule has 10 heteroatoms. The summed E-state index contributed by atoms with van der Waals surface area (Å²) < 4.78 is 6.96. The molecule has 0 aliphatic carbocycles. The van der Waals surface area contributed by atoms with E-state index in [1.807, 2.05) is 61.7 Å². The summed E-state index contributed by atoms with van der Waals surface area (Å²) in [5.74, 6) is -1.43. The van der Waals surface area contributed by atoms with Gasteiger partial charge in [-0.15, -0.1) is 11.3 Å². The lowest BCUT2D eigenvalue weighted by Gasteiger charge is -2.11. The Morgan fingerprint density at radius 2 is 1.91 bits per heavy atom. The van der Waals surface area contributed by atoms with Gasteiger partial charge in [-0.1, -0.05) is 36.4 Å². The Labute approximate surface area is 206 Å². The Morgan fingerprint density at radius 1 is 1.11 bits per heavy atom. The number of esters is 1. The van der Waals surface area contributed by atoms with Gasteiger partial charge in [-0.3, -0.25) is 10.1 Å². The SMILES string of the molecule is CC(C)n1ncc2c(C(=O)OCC(=O)NC(=O)NCCc3cccs3)cc(-c3ccccc3)nc21. The van der Waals surface area contributed by atoms with Gasteiger partial charge < -0.3 is 10.1 Å². The van der Waals surface area contributed by atoms with E-state index in [0.29, 0.717) is 29.7 Å². The van der Waals surface area contributed by atoms with Crippen molar-refractivity contribution in [3.8, 4) is 11.3 Å². The standard InChI is InChI=1S/C25H25N5O4S/c1-16(2)30-23-20(14-27-30)19(13-21(28-23)17-7-4-3-5-8-17)24(32)34-15-22(31)29-25(33)26-11-10-18-9-6-12-35-18/h3-9,12-14,16H,10-11,15H2,1-2H3,(H2,26,29,31,33). The van der Waals surface area contributed by atoms with Gasteiger partial charge in [-0.05, 0) is 37.8 Å². The predicted molar refractivity (Wildman–Crippen MR) is 133 cm³/mol. The average molecular weight is 492 g/mol. The highest BCUT2D eigenvalue weighted by atomic mass is 32.1. The third-order valence-corrected chi connectivity index (χ3v) is 6.11. The molecule has 0 bridgehead atoms. The molecule has 4 aromatic rings. The van der Waals surface area contributed by atoms with Crippen LogP contribution in [0.15, 0.2) is 60.1 Å². The minimum absolute atomic E-state index is 0.0269. The molecule has 0 aliphatic rings. The van der Waals surface area contributed by atoms with Crippen LogP contribution in [-0.2, 0) is 16.0 Å². The molecule has 3 amide bonds. The van der Waals surface area contributed by atoms with Crippen LogP contribution < -0.4 is 10.6 Å². The van der Waals surface area contributed by atoms with Crippen molar-refractivity contribution in [2.45, 2.75) is 26.3 Å². The van der Waals surface area contributed by atoms with Crippen molar-refractivity contribution < 1.29 is 19.1 Å². The number of carbonyl (C=O) groups excluding carboxylic acids is 3. The lowest BCUT2D eigenvalue weighted by atomic mass is 10.1. The van der Waals surface area contributed by atoms with E-state index in [9.17, 15) is 14.4 Å². The van der Waals surface area contributed by atoms with Gasteiger partial charge in [0.25, 0.3) is 5.91 Å². The molecular formula is C25H25N5O4S. The lowest BCUT2D eigenvalue weighted by molar-refractivity contribution is -0.123. The maximum atomic E-state index is 12.9. The Morgan fingerprint density at radius 3 is 2.63 bits per heavy atom. The largest absolute Gasteiger partial charge is 0.452 e. The molecule has 180 valence electrons. The first-order valence-electron chi connectivity index (χ1n) is 11.1. The zero-order chi connectivity index (χ0) is 24.8. The third-order valence-electron chi connectivity index (χ3n) is 5.17. The minimum atomic E-state index is -0.724. The van der Waals surface area contributed by atoms with Crippen LogP contribution in [0.3, 0.4) is 0 Å². The highest BCUT2D eigenvalue weighted by molar-refractivity contribution is 7.09. The first kappa shape index (κ1) is 24.1. The first-order valence-corrected chi connectivity index (χ1v) is 12.0. The number of nitrogens with one attached hydrogen (secondary N) is 2. The van der Waals surface area contributed by atoms with Crippen LogP contribution in [0.25, 0.3) is 22.3 Å². The zero-order valence-corrected chi connectivity index (χ0v) is 20.2. The Hall–Kier alpha value is -4.05. The molecule has 1 aromatic carbocycles. The molecule has 0 unspecified atom stereocenters. The molecule has 0 saturated heterocycles. The number of rotatable bonds is 8. The van der Waals surface area contributed by atoms with Crippen LogP contribution in [0.5, 0.6) is 0 Å². The van der Waals surface area contributed by atoms with E-state index >= 15 is 0 Å². The van der Waals surface area contributed by atoms with E-state index in [2.05, 4.69) is 15.7 Å².